The molecule has 0 aliphatic heterocycles. The molecular weight excluding hydrogens is 306 g/mol. The zero-order valence-electron chi connectivity index (χ0n) is 13.2. The fourth-order valence-electron chi connectivity index (χ4n) is 2.92. The van der Waals surface area contributed by atoms with Crippen LogP contribution in [0.5, 0.6) is 0 Å². The van der Waals surface area contributed by atoms with Crippen molar-refractivity contribution in [2.75, 3.05) is 19.1 Å². The van der Waals surface area contributed by atoms with Crippen LogP contribution in [0.25, 0.3) is 0 Å². The van der Waals surface area contributed by atoms with Crippen molar-refractivity contribution in [1.29, 1.82) is 0 Å². The first-order chi connectivity index (χ1) is 9.51. The topological polar surface area (TPSA) is 46.5 Å². The average molecular weight is 350 g/mol. The number of nitrogens with zero attached hydrogens (tertiary/aromatic N) is 1. The Morgan fingerprint density at radius 2 is 1.30 bits per heavy atom. The van der Waals surface area contributed by atoms with E-state index >= 15 is 0 Å². The van der Waals surface area contributed by atoms with Crippen molar-refractivity contribution in [3.63, 3.8) is 0 Å². The molecule has 0 saturated heterocycles. The number of rotatable bonds is 3. The Labute approximate surface area is 147 Å². The third kappa shape index (κ3) is 14.9. The molecule has 0 atom stereocenters. The largest absolute Gasteiger partial charge is 0.303 e. The monoisotopic (exact) mass is 349 g/mol. The zero-order chi connectivity index (χ0) is 14.8. The molecule has 0 bridgehead atoms. The van der Waals surface area contributed by atoms with Gasteiger partial charge in [0.05, 0.1) is 6.54 Å². The molecule has 2 aliphatic carbocycles. The van der Waals surface area contributed by atoms with E-state index < -0.39 is 9.73 Å². The highest BCUT2D eigenvalue weighted by molar-refractivity contribution is 7.92. The molecule has 142 valence electrons. The van der Waals surface area contributed by atoms with Gasteiger partial charge in [-0.1, -0.05) is 60.8 Å². The van der Waals surface area contributed by atoms with Crippen LogP contribution in [0.2, 0.25) is 0 Å². The standard InChI is InChI=1S/C9H19NOS.C7H12O.3CH4/c1-12(2,11)10-8-9-6-4-3-5-7-9;8-6-7-4-2-1-3-5-7;;;/h9H,3-8H2,1-2H3;6-7H,1-5H2;3*1H4. The first kappa shape index (κ1) is 27.5. The van der Waals surface area contributed by atoms with Crippen molar-refractivity contribution < 1.29 is 9.00 Å². The molecule has 0 aromatic rings. The second-order valence-electron chi connectivity index (χ2n) is 6.53. The molecule has 0 unspecified atom stereocenters. The van der Waals surface area contributed by atoms with Gasteiger partial charge in [0.15, 0.2) is 0 Å². The van der Waals surface area contributed by atoms with E-state index in [2.05, 4.69) is 4.36 Å². The zero-order valence-corrected chi connectivity index (χ0v) is 14.0. The molecule has 2 aliphatic rings. The van der Waals surface area contributed by atoms with E-state index in [0.717, 1.165) is 31.6 Å². The predicted molar refractivity (Wildman–Crippen MR) is 107 cm³/mol. The lowest BCUT2D eigenvalue weighted by molar-refractivity contribution is -0.111. The predicted octanol–water partition coefficient (Wildman–Crippen LogP) is 5.97. The molecule has 0 heterocycles. The Bertz CT molecular complexity index is 367. The first-order valence-corrected chi connectivity index (χ1v) is 10.4. The van der Waals surface area contributed by atoms with E-state index in [0.29, 0.717) is 5.92 Å². The van der Waals surface area contributed by atoms with Gasteiger partial charge in [0.25, 0.3) is 0 Å². The smallest absolute Gasteiger partial charge is 0.123 e. The van der Waals surface area contributed by atoms with Crippen LogP contribution in [0.4, 0.5) is 0 Å². The van der Waals surface area contributed by atoms with Crippen molar-refractivity contribution in [2.24, 2.45) is 16.2 Å². The Morgan fingerprint density at radius 3 is 1.65 bits per heavy atom. The lowest BCUT2D eigenvalue weighted by atomic mass is 9.90. The molecule has 0 amide bonds. The van der Waals surface area contributed by atoms with Crippen molar-refractivity contribution in [2.45, 2.75) is 86.5 Å². The van der Waals surface area contributed by atoms with Crippen LogP contribution in [0.1, 0.15) is 86.5 Å². The van der Waals surface area contributed by atoms with Crippen molar-refractivity contribution in [1.82, 2.24) is 0 Å². The normalized spacial score (nSPS) is 18.9. The lowest BCUT2D eigenvalue weighted by Crippen LogP contribution is -2.10. The second kappa shape index (κ2) is 15.2. The van der Waals surface area contributed by atoms with E-state index in [-0.39, 0.29) is 22.3 Å². The van der Waals surface area contributed by atoms with Gasteiger partial charge in [-0.05, 0) is 31.6 Å². The van der Waals surface area contributed by atoms with Gasteiger partial charge in [-0.15, -0.1) is 0 Å². The Hall–Kier alpha value is -0.380. The number of aldehydes is 1. The van der Waals surface area contributed by atoms with Crippen LogP contribution >= 0.6 is 0 Å². The highest BCUT2D eigenvalue weighted by Gasteiger charge is 2.12. The van der Waals surface area contributed by atoms with Crippen molar-refractivity contribution in [3.8, 4) is 0 Å². The van der Waals surface area contributed by atoms with Gasteiger partial charge in [0.2, 0.25) is 0 Å². The van der Waals surface area contributed by atoms with Crippen LogP contribution < -0.4 is 0 Å². The van der Waals surface area contributed by atoms with Gasteiger partial charge in [0.1, 0.15) is 6.29 Å². The highest BCUT2D eigenvalue weighted by atomic mass is 32.2. The molecule has 2 fully saturated rings. The van der Waals surface area contributed by atoms with Crippen molar-refractivity contribution in [3.05, 3.63) is 0 Å². The van der Waals surface area contributed by atoms with E-state index in [1.54, 1.807) is 12.5 Å². The third-order valence-corrected chi connectivity index (χ3v) is 4.98. The third-order valence-electron chi connectivity index (χ3n) is 4.21. The Kier molecular flexibility index (Phi) is 18.1. The van der Waals surface area contributed by atoms with Crippen LogP contribution in [0, 0.1) is 11.8 Å². The van der Waals surface area contributed by atoms with Crippen molar-refractivity contribution >= 4 is 16.0 Å². The van der Waals surface area contributed by atoms with E-state index in [4.69, 9.17) is 0 Å². The number of carbonyl (C=O) groups excluding carboxylic acids is 1. The first-order valence-electron chi connectivity index (χ1n) is 8.09. The maximum atomic E-state index is 11.3. The van der Waals surface area contributed by atoms with Gasteiger partial charge in [0, 0.05) is 28.2 Å². The highest BCUT2D eigenvalue weighted by Crippen LogP contribution is 2.23. The summed E-state index contributed by atoms with van der Waals surface area (Å²) in [5.41, 5.74) is 0. The van der Waals surface area contributed by atoms with Gasteiger partial charge >= 0.3 is 0 Å². The SMILES string of the molecule is C.C.C.CS(C)(=O)=NCC1CCCCC1.O=CC1CCCCC1. The number of hydrogen-bond donors (Lipinski definition) is 0. The van der Waals surface area contributed by atoms with Crippen LogP contribution in [0.3, 0.4) is 0 Å². The Morgan fingerprint density at radius 1 is 0.870 bits per heavy atom. The van der Waals surface area contributed by atoms with Crippen LogP contribution in [-0.4, -0.2) is 29.6 Å². The molecule has 0 spiro atoms. The quantitative estimate of drug-likeness (QED) is 0.589. The molecule has 23 heavy (non-hydrogen) atoms. The lowest BCUT2D eigenvalue weighted by Gasteiger charge is -2.19. The summed E-state index contributed by atoms with van der Waals surface area (Å²) in [6, 6.07) is 0. The fraction of sp³-hybridized carbons (Fsp3) is 0.947. The van der Waals surface area contributed by atoms with Crippen LogP contribution in [-0.2, 0) is 14.5 Å². The van der Waals surface area contributed by atoms with E-state index in [9.17, 15) is 9.00 Å². The summed E-state index contributed by atoms with van der Waals surface area (Å²) in [6.07, 6.45) is 17.3. The molecule has 0 aromatic carbocycles. The molecule has 0 N–H and O–H groups in total. The molecule has 4 heteroatoms. The molecule has 0 aromatic heterocycles. The van der Waals surface area contributed by atoms with Gasteiger partial charge in [-0.3, -0.25) is 4.21 Å². The molecule has 2 rings (SSSR count). The van der Waals surface area contributed by atoms with Gasteiger partial charge in [-0.2, -0.15) is 0 Å². The minimum Gasteiger partial charge on any atom is -0.303 e. The maximum absolute atomic E-state index is 11.3. The summed E-state index contributed by atoms with van der Waals surface area (Å²) in [7, 11) is -1.85. The minimum absolute atomic E-state index is 0. The molecule has 0 radical (unpaired) electrons. The summed E-state index contributed by atoms with van der Waals surface area (Å²) in [5, 5.41) is 0. The summed E-state index contributed by atoms with van der Waals surface area (Å²) in [4.78, 5) is 10.2. The molecule has 2 saturated carbocycles. The molecule has 3 nitrogen and oxygen atoms in total. The van der Waals surface area contributed by atoms with Crippen LogP contribution in [0.15, 0.2) is 4.36 Å². The number of hydrogen-bond acceptors (Lipinski definition) is 3. The minimum atomic E-state index is -1.85. The summed E-state index contributed by atoms with van der Waals surface area (Å²) in [6.45, 7) is 0.825. The number of carbonyl (C=O) groups is 1. The van der Waals surface area contributed by atoms with Gasteiger partial charge < -0.3 is 4.79 Å². The molecular formula is C19H43NO2S. The average Bonchev–Trinajstić information content (AvgIpc) is 2.47. The summed E-state index contributed by atoms with van der Waals surface area (Å²) in [5.74, 6) is 1.13. The Balaban J connectivity index is -0.000000325. The summed E-state index contributed by atoms with van der Waals surface area (Å²) < 4.78 is 15.5. The maximum Gasteiger partial charge on any atom is 0.123 e. The van der Waals surface area contributed by atoms with E-state index in [1.807, 2.05) is 0 Å². The fourth-order valence-corrected chi connectivity index (χ4v) is 3.49. The summed E-state index contributed by atoms with van der Waals surface area (Å²) >= 11 is 0. The second-order valence-corrected chi connectivity index (χ2v) is 9.15. The van der Waals surface area contributed by atoms with E-state index in [1.165, 1.54) is 51.4 Å². The van der Waals surface area contributed by atoms with Gasteiger partial charge in [-0.25, -0.2) is 4.36 Å².